The standard InChI is InChI=1S/C21H21N3O/c22-14-16-5-4-6-18(13-16)21(10-11-21)23-20(25)17-9-12-24(15-17)19-7-2-1-3-8-19/h1-8,13,17H,9-12,15H2,(H,23,25). The number of carbonyl (C=O) groups is 1. The molecule has 2 aromatic rings. The summed E-state index contributed by atoms with van der Waals surface area (Å²) in [6, 6.07) is 20.1. The van der Waals surface area contributed by atoms with Gasteiger partial charge in [-0.3, -0.25) is 4.79 Å². The van der Waals surface area contributed by atoms with Gasteiger partial charge in [-0.25, -0.2) is 0 Å². The van der Waals surface area contributed by atoms with Gasteiger partial charge in [0.1, 0.15) is 0 Å². The fraction of sp³-hybridized carbons (Fsp3) is 0.333. The molecule has 25 heavy (non-hydrogen) atoms. The Balaban J connectivity index is 1.43. The van der Waals surface area contributed by atoms with Crippen LogP contribution in [0.15, 0.2) is 54.6 Å². The number of nitrogens with one attached hydrogen (secondary N) is 1. The molecule has 1 aliphatic heterocycles. The molecule has 1 amide bonds. The van der Waals surface area contributed by atoms with Crippen LogP contribution in [0, 0.1) is 17.2 Å². The van der Waals surface area contributed by atoms with Crippen LogP contribution in [0.3, 0.4) is 0 Å². The van der Waals surface area contributed by atoms with Gasteiger partial charge < -0.3 is 10.2 Å². The molecule has 1 atom stereocenters. The molecule has 4 nitrogen and oxygen atoms in total. The van der Waals surface area contributed by atoms with Crippen LogP contribution < -0.4 is 10.2 Å². The average molecular weight is 331 g/mol. The second-order valence-electron chi connectivity index (χ2n) is 7.03. The van der Waals surface area contributed by atoms with Gasteiger partial charge in [0.05, 0.1) is 23.1 Å². The fourth-order valence-electron chi connectivity index (χ4n) is 3.68. The van der Waals surface area contributed by atoms with Gasteiger partial charge in [0.25, 0.3) is 0 Å². The number of nitrogens with zero attached hydrogens (tertiary/aromatic N) is 2. The van der Waals surface area contributed by atoms with E-state index in [2.05, 4.69) is 28.4 Å². The van der Waals surface area contributed by atoms with Crippen molar-refractivity contribution in [3.8, 4) is 6.07 Å². The van der Waals surface area contributed by atoms with Gasteiger partial charge in [-0.2, -0.15) is 5.26 Å². The summed E-state index contributed by atoms with van der Waals surface area (Å²) >= 11 is 0. The van der Waals surface area contributed by atoms with Crippen LogP contribution in [0.5, 0.6) is 0 Å². The first-order chi connectivity index (χ1) is 12.2. The highest BCUT2D eigenvalue weighted by molar-refractivity contribution is 5.81. The largest absolute Gasteiger partial charge is 0.371 e. The Hall–Kier alpha value is -2.80. The lowest BCUT2D eigenvalue weighted by Crippen LogP contribution is -2.40. The molecule has 1 unspecified atom stereocenters. The van der Waals surface area contributed by atoms with E-state index in [0.717, 1.165) is 37.9 Å². The third-order valence-electron chi connectivity index (χ3n) is 5.34. The van der Waals surface area contributed by atoms with Crippen molar-refractivity contribution < 1.29 is 4.79 Å². The van der Waals surface area contributed by atoms with Crippen molar-refractivity contribution in [2.24, 2.45) is 5.92 Å². The first-order valence-corrected chi connectivity index (χ1v) is 8.83. The molecule has 0 spiro atoms. The number of carbonyl (C=O) groups excluding carboxylic acids is 1. The summed E-state index contributed by atoms with van der Waals surface area (Å²) < 4.78 is 0. The molecule has 1 heterocycles. The lowest BCUT2D eigenvalue weighted by molar-refractivity contribution is -0.125. The lowest BCUT2D eigenvalue weighted by Gasteiger charge is -2.22. The fourth-order valence-corrected chi connectivity index (χ4v) is 3.68. The zero-order valence-electron chi connectivity index (χ0n) is 14.1. The smallest absolute Gasteiger partial charge is 0.225 e. The molecule has 2 fully saturated rings. The summed E-state index contributed by atoms with van der Waals surface area (Å²) in [7, 11) is 0. The van der Waals surface area contributed by atoms with Gasteiger partial charge in [-0.1, -0.05) is 30.3 Å². The van der Waals surface area contributed by atoms with Gasteiger partial charge in [0, 0.05) is 18.8 Å². The quantitative estimate of drug-likeness (QED) is 0.936. The van der Waals surface area contributed by atoms with Crippen LogP contribution in [-0.2, 0) is 10.3 Å². The van der Waals surface area contributed by atoms with Crippen LogP contribution >= 0.6 is 0 Å². The van der Waals surface area contributed by atoms with Crippen LogP contribution in [0.2, 0.25) is 0 Å². The summed E-state index contributed by atoms with van der Waals surface area (Å²) in [4.78, 5) is 15.1. The van der Waals surface area contributed by atoms with Crippen molar-refractivity contribution in [3.05, 3.63) is 65.7 Å². The topological polar surface area (TPSA) is 56.1 Å². The number of nitriles is 1. The molecular weight excluding hydrogens is 310 g/mol. The second kappa shape index (κ2) is 6.25. The molecule has 1 aliphatic carbocycles. The molecule has 1 saturated carbocycles. The number of benzene rings is 2. The number of anilines is 1. The van der Waals surface area contributed by atoms with Gasteiger partial charge >= 0.3 is 0 Å². The van der Waals surface area contributed by atoms with Crippen LogP contribution in [0.4, 0.5) is 5.69 Å². The average Bonchev–Trinajstić information content (AvgIpc) is 3.27. The monoisotopic (exact) mass is 331 g/mol. The Bertz CT molecular complexity index is 821. The molecule has 1 saturated heterocycles. The van der Waals surface area contributed by atoms with Gasteiger partial charge in [-0.15, -0.1) is 0 Å². The van der Waals surface area contributed by atoms with Crippen molar-refractivity contribution in [1.29, 1.82) is 5.26 Å². The zero-order valence-corrected chi connectivity index (χ0v) is 14.1. The minimum atomic E-state index is -0.260. The molecule has 4 rings (SSSR count). The van der Waals surface area contributed by atoms with Gasteiger partial charge in [0.15, 0.2) is 0 Å². The second-order valence-corrected chi connectivity index (χ2v) is 7.03. The van der Waals surface area contributed by atoms with Crippen molar-refractivity contribution in [2.45, 2.75) is 24.8 Å². The molecule has 0 radical (unpaired) electrons. The molecule has 0 aromatic heterocycles. The summed E-state index contributed by atoms with van der Waals surface area (Å²) in [5.41, 5.74) is 2.62. The van der Waals surface area contributed by atoms with Crippen LogP contribution in [0.1, 0.15) is 30.4 Å². The highest BCUT2D eigenvalue weighted by Gasteiger charge is 2.47. The number of para-hydroxylation sites is 1. The number of hydrogen-bond acceptors (Lipinski definition) is 3. The van der Waals surface area contributed by atoms with E-state index in [4.69, 9.17) is 5.26 Å². The van der Waals surface area contributed by atoms with E-state index in [0.29, 0.717) is 5.56 Å². The highest BCUT2D eigenvalue weighted by Crippen LogP contribution is 2.46. The maximum Gasteiger partial charge on any atom is 0.225 e. The normalized spacial score (nSPS) is 20.8. The van der Waals surface area contributed by atoms with Crippen molar-refractivity contribution in [2.75, 3.05) is 18.0 Å². The first kappa shape index (κ1) is 15.7. The molecular formula is C21H21N3O. The van der Waals surface area contributed by atoms with E-state index < -0.39 is 0 Å². The SMILES string of the molecule is N#Cc1cccc(C2(NC(=O)C3CCN(c4ccccc4)C3)CC2)c1. The molecule has 2 aliphatic rings. The summed E-state index contributed by atoms with van der Waals surface area (Å²) in [5, 5.41) is 12.4. The summed E-state index contributed by atoms with van der Waals surface area (Å²) in [6.45, 7) is 1.68. The van der Waals surface area contributed by atoms with Gasteiger partial charge in [-0.05, 0) is 49.1 Å². The van der Waals surface area contributed by atoms with E-state index in [1.54, 1.807) is 6.07 Å². The van der Waals surface area contributed by atoms with Crippen LogP contribution in [0.25, 0.3) is 0 Å². The molecule has 4 heteroatoms. The summed E-state index contributed by atoms with van der Waals surface area (Å²) in [6.07, 6.45) is 2.78. The Labute approximate surface area is 148 Å². The molecule has 126 valence electrons. The van der Waals surface area contributed by atoms with E-state index in [9.17, 15) is 4.79 Å². The molecule has 2 aromatic carbocycles. The van der Waals surface area contributed by atoms with Gasteiger partial charge in [0.2, 0.25) is 5.91 Å². The first-order valence-electron chi connectivity index (χ1n) is 8.83. The predicted molar refractivity (Wildman–Crippen MR) is 97.0 cm³/mol. The Morgan fingerprint density at radius 1 is 1.16 bits per heavy atom. The maximum atomic E-state index is 12.8. The van der Waals surface area contributed by atoms with Crippen molar-refractivity contribution >= 4 is 11.6 Å². The number of amides is 1. The third-order valence-corrected chi connectivity index (χ3v) is 5.34. The van der Waals surface area contributed by atoms with Crippen molar-refractivity contribution in [3.63, 3.8) is 0 Å². The van der Waals surface area contributed by atoms with Crippen molar-refractivity contribution in [1.82, 2.24) is 5.32 Å². The van der Waals surface area contributed by atoms with E-state index in [1.807, 2.05) is 36.4 Å². The van der Waals surface area contributed by atoms with Crippen LogP contribution in [-0.4, -0.2) is 19.0 Å². The summed E-state index contributed by atoms with van der Waals surface area (Å²) in [5.74, 6) is 0.162. The Morgan fingerprint density at radius 3 is 2.68 bits per heavy atom. The minimum Gasteiger partial charge on any atom is -0.371 e. The highest BCUT2D eigenvalue weighted by atomic mass is 16.2. The lowest BCUT2D eigenvalue weighted by atomic mass is 10.0. The number of rotatable bonds is 4. The molecule has 1 N–H and O–H groups in total. The zero-order chi connectivity index (χ0) is 17.3. The molecule has 0 bridgehead atoms. The van der Waals surface area contributed by atoms with E-state index in [1.165, 1.54) is 5.69 Å². The Morgan fingerprint density at radius 2 is 1.96 bits per heavy atom. The minimum absolute atomic E-state index is 0.0248. The third kappa shape index (κ3) is 3.10. The Kier molecular flexibility index (Phi) is 3.93. The predicted octanol–water partition coefficient (Wildman–Crippen LogP) is 3.19. The maximum absolute atomic E-state index is 12.8. The van der Waals surface area contributed by atoms with E-state index >= 15 is 0 Å². The number of hydrogen-bond donors (Lipinski definition) is 1. The van der Waals surface area contributed by atoms with E-state index in [-0.39, 0.29) is 17.4 Å².